The number of rotatable bonds is 5. The van der Waals surface area contributed by atoms with Crippen LogP contribution in [0.4, 0.5) is 0 Å². The fraction of sp³-hybridized carbons (Fsp3) is 0.938. The highest BCUT2D eigenvalue weighted by molar-refractivity contribution is 5.81. The monoisotopic (exact) mass is 297 g/mol. The normalized spacial score (nSPS) is 29.4. The molecule has 0 saturated carbocycles. The van der Waals surface area contributed by atoms with Gasteiger partial charge in [0.25, 0.3) is 0 Å². The summed E-state index contributed by atoms with van der Waals surface area (Å²) in [5.41, 5.74) is 0. The van der Waals surface area contributed by atoms with E-state index < -0.39 is 0 Å². The lowest BCUT2D eigenvalue weighted by Gasteiger charge is -2.42. The predicted molar refractivity (Wildman–Crippen MR) is 84.3 cm³/mol. The van der Waals surface area contributed by atoms with Crippen molar-refractivity contribution in [1.82, 2.24) is 15.1 Å². The first-order valence-corrected chi connectivity index (χ1v) is 8.51. The Balaban J connectivity index is 1.90. The zero-order valence-electron chi connectivity index (χ0n) is 13.8. The van der Waals surface area contributed by atoms with Gasteiger partial charge in [0.15, 0.2) is 0 Å². The highest BCUT2D eigenvalue weighted by atomic mass is 16.5. The van der Waals surface area contributed by atoms with Crippen molar-refractivity contribution in [1.29, 1.82) is 0 Å². The molecular formula is C16H31N3O2. The molecule has 2 rings (SSSR count). The maximum atomic E-state index is 12.6. The molecule has 5 nitrogen and oxygen atoms in total. The van der Waals surface area contributed by atoms with Gasteiger partial charge in [-0.15, -0.1) is 0 Å². The van der Waals surface area contributed by atoms with E-state index in [2.05, 4.69) is 31.0 Å². The van der Waals surface area contributed by atoms with Crippen LogP contribution in [-0.2, 0) is 9.53 Å². The van der Waals surface area contributed by atoms with Crippen LogP contribution in [0.5, 0.6) is 0 Å². The van der Waals surface area contributed by atoms with Gasteiger partial charge >= 0.3 is 0 Å². The van der Waals surface area contributed by atoms with E-state index in [1.165, 1.54) is 6.42 Å². The van der Waals surface area contributed by atoms with Crippen LogP contribution in [0.3, 0.4) is 0 Å². The molecule has 21 heavy (non-hydrogen) atoms. The van der Waals surface area contributed by atoms with E-state index in [0.29, 0.717) is 25.2 Å². The summed E-state index contributed by atoms with van der Waals surface area (Å²) in [6.07, 6.45) is 2.32. The summed E-state index contributed by atoms with van der Waals surface area (Å²) < 4.78 is 5.33. The Morgan fingerprint density at radius 2 is 2.00 bits per heavy atom. The number of carbonyl (C=O) groups excluding carboxylic acids is 1. The molecule has 0 radical (unpaired) electrons. The third-order valence-corrected chi connectivity index (χ3v) is 4.98. The van der Waals surface area contributed by atoms with Crippen LogP contribution in [0.2, 0.25) is 0 Å². The topological polar surface area (TPSA) is 44.8 Å². The number of nitrogens with zero attached hydrogens (tertiary/aromatic N) is 2. The molecule has 3 unspecified atom stereocenters. The van der Waals surface area contributed by atoms with Gasteiger partial charge in [0.2, 0.25) is 5.91 Å². The van der Waals surface area contributed by atoms with Crippen LogP contribution in [-0.4, -0.2) is 73.7 Å². The quantitative estimate of drug-likeness (QED) is 0.820. The first-order chi connectivity index (χ1) is 10.2. The zero-order chi connectivity index (χ0) is 15.2. The van der Waals surface area contributed by atoms with E-state index in [4.69, 9.17) is 4.74 Å². The van der Waals surface area contributed by atoms with Gasteiger partial charge in [0, 0.05) is 32.2 Å². The molecular weight excluding hydrogens is 266 g/mol. The summed E-state index contributed by atoms with van der Waals surface area (Å²) in [6.45, 7) is 12.4. The Bertz CT molecular complexity index is 331. The molecule has 2 aliphatic rings. The summed E-state index contributed by atoms with van der Waals surface area (Å²) >= 11 is 0. The third-order valence-electron chi connectivity index (χ3n) is 4.98. The second kappa shape index (κ2) is 8.11. The number of hydrogen-bond acceptors (Lipinski definition) is 4. The summed E-state index contributed by atoms with van der Waals surface area (Å²) in [7, 11) is 0. The molecule has 5 heteroatoms. The van der Waals surface area contributed by atoms with Crippen molar-refractivity contribution in [2.75, 3.05) is 45.9 Å². The van der Waals surface area contributed by atoms with Gasteiger partial charge in [-0.05, 0) is 25.8 Å². The maximum absolute atomic E-state index is 12.6. The Labute approximate surface area is 129 Å². The Hall–Kier alpha value is -0.650. The molecule has 2 fully saturated rings. The average molecular weight is 297 g/mol. The number of likely N-dealkylation sites (tertiary alicyclic amines) is 1. The number of nitrogens with one attached hydrogen (secondary N) is 1. The Morgan fingerprint density at radius 3 is 2.62 bits per heavy atom. The molecule has 0 spiro atoms. The Kier molecular flexibility index (Phi) is 6.45. The number of hydrogen-bond donors (Lipinski definition) is 1. The Morgan fingerprint density at radius 1 is 1.29 bits per heavy atom. The van der Waals surface area contributed by atoms with Crippen LogP contribution in [0.1, 0.15) is 33.6 Å². The number of morpholine rings is 1. The molecule has 0 bridgehead atoms. The fourth-order valence-corrected chi connectivity index (χ4v) is 3.56. The van der Waals surface area contributed by atoms with E-state index in [1.807, 2.05) is 4.90 Å². The van der Waals surface area contributed by atoms with Crippen LogP contribution in [0, 0.1) is 5.92 Å². The molecule has 0 aromatic heterocycles. The van der Waals surface area contributed by atoms with Gasteiger partial charge in [-0.3, -0.25) is 9.69 Å². The third kappa shape index (κ3) is 4.18. The molecule has 2 saturated heterocycles. The zero-order valence-corrected chi connectivity index (χ0v) is 13.8. The molecule has 0 aromatic carbocycles. The smallest absolute Gasteiger partial charge is 0.239 e. The number of carbonyl (C=O) groups is 1. The van der Waals surface area contributed by atoms with Crippen molar-refractivity contribution in [3.63, 3.8) is 0 Å². The molecule has 1 amide bonds. The maximum Gasteiger partial charge on any atom is 0.239 e. The second-order valence-corrected chi connectivity index (χ2v) is 6.23. The standard InChI is InChI=1S/C16H31N3O2/c1-4-14-12-19(7-6-15(14)17-5-2)13(3)16(20)18-8-10-21-11-9-18/h13-15,17H,4-12H2,1-3H3. The minimum absolute atomic E-state index is 0.000253. The van der Waals surface area contributed by atoms with Gasteiger partial charge in [-0.25, -0.2) is 0 Å². The van der Waals surface area contributed by atoms with Crippen LogP contribution in [0.15, 0.2) is 0 Å². The van der Waals surface area contributed by atoms with Gasteiger partial charge in [0.05, 0.1) is 19.3 Å². The lowest BCUT2D eigenvalue weighted by atomic mass is 9.89. The van der Waals surface area contributed by atoms with Crippen molar-refractivity contribution in [3.8, 4) is 0 Å². The first-order valence-electron chi connectivity index (χ1n) is 8.51. The number of ether oxygens (including phenoxy) is 1. The average Bonchev–Trinajstić information content (AvgIpc) is 2.55. The van der Waals surface area contributed by atoms with Gasteiger partial charge < -0.3 is 15.0 Å². The van der Waals surface area contributed by atoms with Crippen LogP contribution >= 0.6 is 0 Å². The molecule has 0 aliphatic carbocycles. The largest absolute Gasteiger partial charge is 0.378 e. The molecule has 2 aliphatic heterocycles. The van der Waals surface area contributed by atoms with E-state index >= 15 is 0 Å². The lowest BCUT2D eigenvalue weighted by Crippen LogP contribution is -2.56. The predicted octanol–water partition coefficient (Wildman–Crippen LogP) is 0.944. The van der Waals surface area contributed by atoms with Crippen molar-refractivity contribution in [2.45, 2.75) is 45.7 Å². The van der Waals surface area contributed by atoms with Crippen LogP contribution in [0.25, 0.3) is 0 Å². The second-order valence-electron chi connectivity index (χ2n) is 6.23. The summed E-state index contributed by atoms with van der Waals surface area (Å²) in [5, 5.41) is 3.60. The molecule has 1 N–H and O–H groups in total. The van der Waals surface area contributed by atoms with E-state index in [0.717, 1.165) is 39.1 Å². The van der Waals surface area contributed by atoms with Gasteiger partial charge in [0.1, 0.15) is 0 Å². The van der Waals surface area contributed by atoms with Crippen molar-refractivity contribution in [3.05, 3.63) is 0 Å². The van der Waals surface area contributed by atoms with Gasteiger partial charge in [-0.2, -0.15) is 0 Å². The fourth-order valence-electron chi connectivity index (χ4n) is 3.56. The van der Waals surface area contributed by atoms with Crippen molar-refractivity contribution in [2.24, 2.45) is 5.92 Å². The minimum Gasteiger partial charge on any atom is -0.378 e. The minimum atomic E-state index is -0.000253. The SMILES string of the molecule is CCNC1CCN(C(C)C(=O)N2CCOCC2)CC1CC. The summed E-state index contributed by atoms with van der Waals surface area (Å²) in [4.78, 5) is 17.0. The van der Waals surface area contributed by atoms with Crippen molar-refractivity contribution < 1.29 is 9.53 Å². The molecule has 0 aromatic rings. The highest BCUT2D eigenvalue weighted by Gasteiger charge is 2.33. The van der Waals surface area contributed by atoms with Crippen LogP contribution < -0.4 is 5.32 Å². The number of amides is 1. The van der Waals surface area contributed by atoms with E-state index in [1.54, 1.807) is 0 Å². The van der Waals surface area contributed by atoms with E-state index in [-0.39, 0.29) is 11.9 Å². The summed E-state index contributed by atoms with van der Waals surface area (Å²) in [6, 6.07) is 0.613. The first kappa shape index (κ1) is 16.7. The number of piperidine rings is 1. The highest BCUT2D eigenvalue weighted by Crippen LogP contribution is 2.22. The molecule has 2 heterocycles. The summed E-state index contributed by atoms with van der Waals surface area (Å²) in [5.74, 6) is 0.925. The van der Waals surface area contributed by atoms with Crippen molar-refractivity contribution >= 4 is 5.91 Å². The lowest BCUT2D eigenvalue weighted by molar-refractivity contribution is -0.141. The molecule has 3 atom stereocenters. The van der Waals surface area contributed by atoms with Gasteiger partial charge in [-0.1, -0.05) is 20.3 Å². The molecule has 122 valence electrons. The van der Waals surface area contributed by atoms with E-state index in [9.17, 15) is 4.79 Å².